The van der Waals surface area contributed by atoms with Crippen molar-refractivity contribution in [3.8, 4) is 0 Å². The van der Waals surface area contributed by atoms with Gasteiger partial charge in [-0.2, -0.15) is 13.2 Å². The highest BCUT2D eigenvalue weighted by molar-refractivity contribution is 6.12. The van der Waals surface area contributed by atoms with E-state index in [-0.39, 0.29) is 24.3 Å². The average molecular weight is 365 g/mol. The van der Waals surface area contributed by atoms with Crippen LogP contribution in [0.4, 0.5) is 13.2 Å². The number of benzene rings is 1. The molecule has 2 rings (SSSR count). The molecular weight excluding hydrogens is 349 g/mol. The lowest BCUT2D eigenvalue weighted by molar-refractivity contribution is -0.305. The molecule has 0 unspecified atom stereocenters. The minimum Gasteiger partial charge on any atom is -0.550 e. The fourth-order valence-electron chi connectivity index (χ4n) is 2.16. The number of hydrogen-bond acceptors (Lipinski definition) is 5. The second-order valence-electron chi connectivity index (χ2n) is 5.42. The smallest absolute Gasteiger partial charge is 0.416 e. The third-order valence-electron chi connectivity index (χ3n) is 3.42. The number of rotatable bonds is 8. The van der Waals surface area contributed by atoms with Gasteiger partial charge in [-0.25, -0.2) is 0 Å². The van der Waals surface area contributed by atoms with Crippen molar-refractivity contribution < 1.29 is 27.9 Å². The van der Waals surface area contributed by atoms with Crippen LogP contribution < -0.4 is 5.11 Å². The number of oxime groups is 1. The van der Waals surface area contributed by atoms with Gasteiger partial charge in [0.15, 0.2) is 0 Å². The van der Waals surface area contributed by atoms with Gasteiger partial charge in [-0.3, -0.25) is 4.98 Å². The predicted molar refractivity (Wildman–Crippen MR) is 86.1 cm³/mol. The first-order valence-electron chi connectivity index (χ1n) is 7.86. The number of hydrogen-bond donors (Lipinski definition) is 0. The Morgan fingerprint density at radius 3 is 2.58 bits per heavy atom. The lowest BCUT2D eigenvalue weighted by Crippen LogP contribution is -2.21. The van der Waals surface area contributed by atoms with Gasteiger partial charge in [0.2, 0.25) is 0 Å². The Morgan fingerprint density at radius 1 is 1.15 bits per heavy atom. The highest BCUT2D eigenvalue weighted by Crippen LogP contribution is 2.30. The summed E-state index contributed by atoms with van der Waals surface area (Å²) in [6.07, 6.45) is -0.755. The zero-order chi connectivity index (χ0) is 19.0. The third kappa shape index (κ3) is 5.87. The third-order valence-corrected chi connectivity index (χ3v) is 3.42. The summed E-state index contributed by atoms with van der Waals surface area (Å²) in [5, 5.41) is 14.3. The van der Waals surface area contributed by atoms with Gasteiger partial charge in [-0.05, 0) is 43.5 Å². The number of carboxylic acid groups (broad SMARTS) is 1. The molecule has 0 spiro atoms. The van der Waals surface area contributed by atoms with E-state index in [2.05, 4.69) is 10.1 Å². The van der Waals surface area contributed by atoms with Crippen molar-refractivity contribution in [3.05, 3.63) is 65.5 Å². The van der Waals surface area contributed by atoms with Crippen LogP contribution in [0.1, 0.15) is 36.0 Å². The standard InChI is InChI=1S/C18H17F3N2O3/c19-18(20,21)15-7-3-5-13(11-15)17(14-6-4-9-22-12-14)23-26-10-2-1-8-16(24)25/h3-7,9,11-12H,1-2,8,10H2,(H,24,25)/p-1/b23-17+. The molecule has 8 heteroatoms. The van der Waals surface area contributed by atoms with E-state index in [1.807, 2.05) is 0 Å². The molecule has 0 saturated heterocycles. The van der Waals surface area contributed by atoms with Gasteiger partial charge in [0.25, 0.3) is 0 Å². The van der Waals surface area contributed by atoms with Crippen molar-refractivity contribution in [2.75, 3.05) is 6.61 Å². The molecule has 0 aliphatic rings. The molecule has 0 fully saturated rings. The van der Waals surface area contributed by atoms with Crippen molar-refractivity contribution in [1.29, 1.82) is 0 Å². The normalized spacial score (nSPS) is 12.0. The first-order valence-corrected chi connectivity index (χ1v) is 7.86. The van der Waals surface area contributed by atoms with Crippen LogP contribution in [-0.4, -0.2) is 23.3 Å². The van der Waals surface area contributed by atoms with E-state index in [9.17, 15) is 23.1 Å². The Kier molecular flexibility index (Phi) is 6.71. The predicted octanol–water partition coefficient (Wildman–Crippen LogP) is 2.79. The highest BCUT2D eigenvalue weighted by Gasteiger charge is 2.30. The Balaban J connectivity index is 2.20. The lowest BCUT2D eigenvalue weighted by Gasteiger charge is -2.11. The monoisotopic (exact) mass is 365 g/mol. The molecule has 1 heterocycles. The maximum atomic E-state index is 13.0. The topological polar surface area (TPSA) is 74.6 Å². The van der Waals surface area contributed by atoms with E-state index >= 15 is 0 Å². The first-order chi connectivity index (χ1) is 12.4. The fraction of sp³-hybridized carbons (Fsp3) is 0.278. The van der Waals surface area contributed by atoms with Crippen LogP contribution in [0.2, 0.25) is 0 Å². The molecule has 0 aliphatic heterocycles. The maximum absolute atomic E-state index is 13.0. The molecule has 2 aromatic rings. The van der Waals surface area contributed by atoms with Crippen LogP contribution in [0.15, 0.2) is 53.9 Å². The van der Waals surface area contributed by atoms with E-state index < -0.39 is 17.7 Å². The van der Waals surface area contributed by atoms with Gasteiger partial charge in [0.1, 0.15) is 12.3 Å². The number of aliphatic carboxylic acids is 1. The van der Waals surface area contributed by atoms with Crippen LogP contribution in [0, 0.1) is 0 Å². The number of carbonyl (C=O) groups is 1. The minimum atomic E-state index is -4.47. The summed E-state index contributed by atoms with van der Waals surface area (Å²) in [6.45, 7) is 0.135. The second-order valence-corrected chi connectivity index (χ2v) is 5.42. The van der Waals surface area contributed by atoms with Crippen molar-refractivity contribution in [2.24, 2.45) is 5.16 Å². The number of pyridine rings is 1. The Hall–Kier alpha value is -2.90. The van der Waals surface area contributed by atoms with Crippen LogP contribution in [0.25, 0.3) is 0 Å². The zero-order valence-corrected chi connectivity index (χ0v) is 13.7. The molecule has 1 aromatic carbocycles. The summed E-state index contributed by atoms with van der Waals surface area (Å²) in [4.78, 5) is 19.5. The zero-order valence-electron chi connectivity index (χ0n) is 13.7. The van der Waals surface area contributed by atoms with E-state index in [0.29, 0.717) is 18.4 Å². The maximum Gasteiger partial charge on any atom is 0.416 e. The average Bonchev–Trinajstić information content (AvgIpc) is 2.61. The molecule has 5 nitrogen and oxygen atoms in total. The van der Waals surface area contributed by atoms with E-state index in [1.165, 1.54) is 24.5 Å². The Labute approximate surface area is 148 Å². The summed E-state index contributed by atoms with van der Waals surface area (Å²) in [5.41, 5.74) is 0.161. The second kappa shape index (κ2) is 8.98. The highest BCUT2D eigenvalue weighted by atomic mass is 19.4. The first kappa shape index (κ1) is 19.4. The quantitative estimate of drug-likeness (QED) is 0.410. The van der Waals surface area contributed by atoms with Crippen molar-refractivity contribution in [1.82, 2.24) is 4.98 Å². The van der Waals surface area contributed by atoms with Crippen molar-refractivity contribution in [2.45, 2.75) is 25.4 Å². The molecule has 0 aliphatic carbocycles. The summed E-state index contributed by atoms with van der Waals surface area (Å²) >= 11 is 0. The van der Waals surface area contributed by atoms with Gasteiger partial charge in [-0.15, -0.1) is 0 Å². The van der Waals surface area contributed by atoms with Gasteiger partial charge in [-0.1, -0.05) is 17.3 Å². The van der Waals surface area contributed by atoms with E-state index in [1.54, 1.807) is 12.1 Å². The molecule has 0 saturated carbocycles. The summed E-state index contributed by atoms with van der Waals surface area (Å²) in [6, 6.07) is 8.06. The molecule has 1 aromatic heterocycles. The molecule has 0 radical (unpaired) electrons. The van der Waals surface area contributed by atoms with Gasteiger partial charge in [0, 0.05) is 29.5 Å². The van der Waals surface area contributed by atoms with Crippen molar-refractivity contribution in [3.63, 3.8) is 0 Å². The summed E-state index contributed by atoms with van der Waals surface area (Å²) in [5.74, 6) is -1.14. The number of carboxylic acids is 1. The van der Waals surface area contributed by atoms with Gasteiger partial charge in [0.05, 0.1) is 5.56 Å². The number of unbranched alkanes of at least 4 members (excludes halogenated alkanes) is 1. The van der Waals surface area contributed by atoms with Gasteiger partial charge < -0.3 is 14.7 Å². The van der Waals surface area contributed by atoms with Crippen LogP contribution in [0.5, 0.6) is 0 Å². The molecule has 0 atom stereocenters. The van der Waals surface area contributed by atoms with Crippen LogP contribution in [-0.2, 0) is 15.8 Å². The fourth-order valence-corrected chi connectivity index (χ4v) is 2.16. The number of alkyl halides is 3. The minimum absolute atomic E-state index is 0.0871. The van der Waals surface area contributed by atoms with Gasteiger partial charge >= 0.3 is 6.18 Å². The number of nitrogens with zero attached hydrogens (tertiary/aromatic N) is 2. The number of aromatic nitrogens is 1. The largest absolute Gasteiger partial charge is 0.550 e. The summed E-state index contributed by atoms with van der Waals surface area (Å²) < 4.78 is 38.9. The van der Waals surface area contributed by atoms with E-state index in [4.69, 9.17) is 4.84 Å². The van der Waals surface area contributed by atoms with Crippen LogP contribution >= 0.6 is 0 Å². The molecular formula is C18H16F3N2O3-. The van der Waals surface area contributed by atoms with Crippen molar-refractivity contribution >= 4 is 11.7 Å². The molecule has 0 amide bonds. The van der Waals surface area contributed by atoms with Crippen LogP contribution in [0.3, 0.4) is 0 Å². The SMILES string of the molecule is O=C([O-])CCCCO/N=C(/c1cccnc1)c1cccc(C(F)(F)F)c1. The number of halogens is 3. The summed E-state index contributed by atoms with van der Waals surface area (Å²) in [7, 11) is 0. The van der Waals surface area contributed by atoms with E-state index in [0.717, 1.165) is 12.1 Å². The number of carbonyl (C=O) groups excluding carboxylic acids is 1. The molecule has 0 N–H and O–H groups in total. The lowest BCUT2D eigenvalue weighted by atomic mass is 10.0. The Morgan fingerprint density at radius 2 is 1.92 bits per heavy atom. The molecule has 26 heavy (non-hydrogen) atoms. The molecule has 138 valence electrons. The molecule has 0 bridgehead atoms. The Bertz CT molecular complexity index is 762.